The van der Waals surface area contributed by atoms with E-state index in [1.165, 1.54) is 19.2 Å². The summed E-state index contributed by atoms with van der Waals surface area (Å²) in [7, 11) is 3.05. The van der Waals surface area contributed by atoms with Gasteiger partial charge in [-0.25, -0.2) is 0 Å². The molecule has 0 radical (unpaired) electrons. The van der Waals surface area contributed by atoms with Gasteiger partial charge in [-0.3, -0.25) is 14.5 Å². The summed E-state index contributed by atoms with van der Waals surface area (Å²) in [6.07, 6.45) is 0.377. The summed E-state index contributed by atoms with van der Waals surface area (Å²) in [5.41, 5.74) is 6.41. The van der Waals surface area contributed by atoms with E-state index >= 15 is 0 Å². The largest absolute Gasteiger partial charge is 0.496 e. The monoisotopic (exact) mass is 399 g/mol. The van der Waals surface area contributed by atoms with Gasteiger partial charge in [0.05, 0.1) is 48.7 Å². The number of nitrogens with one attached hydrogen (secondary N) is 1. The first-order valence-electron chi connectivity index (χ1n) is 8.74. The van der Waals surface area contributed by atoms with Gasteiger partial charge in [-0.1, -0.05) is 11.6 Å². The minimum Gasteiger partial charge on any atom is -0.496 e. The van der Waals surface area contributed by atoms with Crippen LogP contribution in [0.1, 0.15) is 23.7 Å². The van der Waals surface area contributed by atoms with Crippen LogP contribution < -0.4 is 15.8 Å². The van der Waals surface area contributed by atoms with E-state index in [9.17, 15) is 9.59 Å². The highest BCUT2D eigenvalue weighted by molar-refractivity contribution is 6.33. The fourth-order valence-electron chi connectivity index (χ4n) is 3.08. The molecule has 150 valence electrons. The van der Waals surface area contributed by atoms with Crippen LogP contribution in [0.15, 0.2) is 12.1 Å². The molecule has 8 nitrogen and oxygen atoms in total. The van der Waals surface area contributed by atoms with E-state index in [1.54, 1.807) is 14.0 Å². The van der Waals surface area contributed by atoms with Gasteiger partial charge in [0.2, 0.25) is 0 Å². The number of piperidine rings is 1. The van der Waals surface area contributed by atoms with E-state index in [2.05, 4.69) is 5.32 Å². The Morgan fingerprint density at radius 2 is 2.11 bits per heavy atom. The standard InChI is InChI=1S/C18H26ClN3O5/c1-4-27-17(23)10-22-6-5-14(16(9-22)26-3)21-18(24)11-7-12(19)13(20)8-15(11)25-2/h7-8,14,16H,4-6,9-10,20H2,1-3H3,(H,21,24)/t14-,16+/m1/s1. The maximum absolute atomic E-state index is 12.7. The van der Waals surface area contributed by atoms with Crippen molar-refractivity contribution in [1.82, 2.24) is 10.2 Å². The number of nitrogens with zero attached hydrogens (tertiary/aromatic N) is 1. The third-order valence-corrected chi connectivity index (χ3v) is 4.81. The van der Waals surface area contributed by atoms with Gasteiger partial charge in [-0.15, -0.1) is 0 Å². The molecule has 0 aromatic heterocycles. The van der Waals surface area contributed by atoms with Crippen molar-refractivity contribution in [2.75, 3.05) is 46.2 Å². The van der Waals surface area contributed by atoms with Crippen LogP contribution in [0, 0.1) is 0 Å². The van der Waals surface area contributed by atoms with Crippen LogP contribution in [0.25, 0.3) is 0 Å². The van der Waals surface area contributed by atoms with Crippen molar-refractivity contribution >= 4 is 29.2 Å². The number of carbonyl (C=O) groups is 2. The molecule has 1 aromatic rings. The van der Waals surface area contributed by atoms with Crippen molar-refractivity contribution in [1.29, 1.82) is 0 Å². The molecule has 0 spiro atoms. The average molecular weight is 400 g/mol. The number of esters is 1. The van der Waals surface area contributed by atoms with Crippen LogP contribution in [0.4, 0.5) is 5.69 Å². The number of halogens is 1. The number of nitrogen functional groups attached to an aromatic ring is 1. The van der Waals surface area contributed by atoms with Crippen molar-refractivity contribution in [2.45, 2.75) is 25.5 Å². The summed E-state index contributed by atoms with van der Waals surface area (Å²) in [5.74, 6) is -0.237. The molecule has 1 fully saturated rings. The molecular weight excluding hydrogens is 374 g/mol. The van der Waals surface area contributed by atoms with Crippen LogP contribution in [-0.4, -0.2) is 69.4 Å². The highest BCUT2D eigenvalue weighted by Gasteiger charge is 2.32. The molecule has 1 heterocycles. The minimum atomic E-state index is -0.320. The second kappa shape index (κ2) is 9.77. The summed E-state index contributed by atoms with van der Waals surface area (Å²) >= 11 is 6.04. The average Bonchev–Trinajstić information content (AvgIpc) is 2.64. The summed E-state index contributed by atoms with van der Waals surface area (Å²) < 4.78 is 15.7. The van der Waals surface area contributed by atoms with E-state index in [0.717, 1.165) is 0 Å². The number of carbonyl (C=O) groups excluding carboxylic acids is 2. The maximum Gasteiger partial charge on any atom is 0.320 e. The molecule has 2 atom stereocenters. The second-order valence-corrected chi connectivity index (χ2v) is 6.66. The first-order valence-corrected chi connectivity index (χ1v) is 9.12. The second-order valence-electron chi connectivity index (χ2n) is 6.26. The number of benzene rings is 1. The Bertz CT molecular complexity index is 685. The zero-order chi connectivity index (χ0) is 20.0. The highest BCUT2D eigenvalue weighted by atomic mass is 35.5. The lowest BCUT2D eigenvalue weighted by Crippen LogP contribution is -2.55. The molecule has 1 amide bonds. The first-order chi connectivity index (χ1) is 12.9. The fraction of sp³-hybridized carbons (Fsp3) is 0.556. The lowest BCUT2D eigenvalue weighted by molar-refractivity contribution is -0.145. The molecule has 27 heavy (non-hydrogen) atoms. The maximum atomic E-state index is 12.7. The van der Waals surface area contributed by atoms with Gasteiger partial charge in [0.15, 0.2) is 0 Å². The fourth-order valence-corrected chi connectivity index (χ4v) is 3.24. The molecule has 0 saturated carbocycles. The Morgan fingerprint density at radius 1 is 1.37 bits per heavy atom. The molecule has 1 aliphatic heterocycles. The van der Waals surface area contributed by atoms with E-state index in [4.69, 9.17) is 31.5 Å². The molecule has 3 N–H and O–H groups in total. The zero-order valence-corrected chi connectivity index (χ0v) is 16.5. The summed E-state index contributed by atoms with van der Waals surface area (Å²) in [6.45, 7) is 3.49. The number of anilines is 1. The number of rotatable bonds is 7. The lowest BCUT2D eigenvalue weighted by Gasteiger charge is -2.37. The summed E-state index contributed by atoms with van der Waals surface area (Å²) in [6, 6.07) is 2.80. The van der Waals surface area contributed by atoms with E-state index in [-0.39, 0.29) is 35.6 Å². The molecule has 2 rings (SSSR count). The van der Waals surface area contributed by atoms with Crippen molar-refractivity contribution < 1.29 is 23.8 Å². The van der Waals surface area contributed by atoms with Crippen molar-refractivity contribution in [3.05, 3.63) is 22.7 Å². The molecule has 0 unspecified atom stereocenters. The molecule has 0 bridgehead atoms. The van der Waals surface area contributed by atoms with Crippen molar-refractivity contribution in [3.63, 3.8) is 0 Å². The molecule has 9 heteroatoms. The number of hydrogen-bond acceptors (Lipinski definition) is 7. The van der Waals surface area contributed by atoms with Crippen LogP contribution >= 0.6 is 11.6 Å². The van der Waals surface area contributed by atoms with Crippen molar-refractivity contribution in [3.8, 4) is 5.75 Å². The third-order valence-electron chi connectivity index (χ3n) is 4.48. The predicted octanol–water partition coefficient (Wildman–Crippen LogP) is 1.31. The quantitative estimate of drug-likeness (QED) is 0.526. The van der Waals surface area contributed by atoms with Gasteiger partial charge >= 0.3 is 5.97 Å². The molecule has 1 saturated heterocycles. The number of ether oxygens (including phenoxy) is 3. The lowest BCUT2D eigenvalue weighted by atomic mass is 10.0. The Morgan fingerprint density at radius 3 is 2.74 bits per heavy atom. The Labute approximate surface area is 163 Å². The minimum absolute atomic E-state index is 0.204. The summed E-state index contributed by atoms with van der Waals surface area (Å²) in [5, 5.41) is 3.26. The van der Waals surface area contributed by atoms with Gasteiger partial charge in [-0.2, -0.15) is 0 Å². The number of hydrogen-bond donors (Lipinski definition) is 2. The van der Waals surface area contributed by atoms with Crippen LogP contribution in [0.3, 0.4) is 0 Å². The van der Waals surface area contributed by atoms with Gasteiger partial charge < -0.3 is 25.3 Å². The number of amides is 1. The van der Waals surface area contributed by atoms with Crippen LogP contribution in [0.5, 0.6) is 5.75 Å². The number of methoxy groups -OCH3 is 2. The Balaban J connectivity index is 2.04. The molecular formula is C18H26ClN3O5. The topological polar surface area (TPSA) is 103 Å². The first kappa shape index (κ1) is 21.3. The van der Waals surface area contributed by atoms with E-state index in [0.29, 0.717) is 43.1 Å². The highest BCUT2D eigenvalue weighted by Crippen LogP contribution is 2.29. The predicted molar refractivity (Wildman–Crippen MR) is 102 cm³/mol. The SMILES string of the molecule is CCOC(=O)CN1CC[C@@H](NC(=O)c2cc(Cl)c(N)cc2OC)[C@@H](OC)C1. The number of likely N-dealkylation sites (tertiary alicyclic amines) is 1. The molecule has 1 aliphatic rings. The number of nitrogens with two attached hydrogens (primary N) is 1. The van der Waals surface area contributed by atoms with E-state index < -0.39 is 0 Å². The normalized spacial score (nSPS) is 20.1. The van der Waals surface area contributed by atoms with Gasteiger partial charge in [-0.05, 0) is 19.4 Å². The van der Waals surface area contributed by atoms with Crippen LogP contribution in [0.2, 0.25) is 5.02 Å². The van der Waals surface area contributed by atoms with E-state index in [1.807, 2.05) is 4.90 Å². The van der Waals surface area contributed by atoms with Gasteiger partial charge in [0.25, 0.3) is 5.91 Å². The Kier molecular flexibility index (Phi) is 7.70. The van der Waals surface area contributed by atoms with Crippen molar-refractivity contribution in [2.24, 2.45) is 0 Å². The molecule has 0 aliphatic carbocycles. The van der Waals surface area contributed by atoms with Crippen LogP contribution in [-0.2, 0) is 14.3 Å². The van der Waals surface area contributed by atoms with Gasteiger partial charge in [0.1, 0.15) is 5.75 Å². The Hall–Kier alpha value is -2.03. The zero-order valence-electron chi connectivity index (χ0n) is 15.8. The smallest absolute Gasteiger partial charge is 0.320 e. The third kappa shape index (κ3) is 5.47. The molecule has 1 aromatic carbocycles. The van der Waals surface area contributed by atoms with Gasteiger partial charge in [0, 0.05) is 26.3 Å². The summed E-state index contributed by atoms with van der Waals surface area (Å²) in [4.78, 5) is 26.4.